The van der Waals surface area contributed by atoms with Gasteiger partial charge in [0.1, 0.15) is 0 Å². The SMILES string of the molecule is Cc1ccc2c(c1)c(=O)c1cc(C)ccc1n2-c1c(C)ccc2ccccc12. The van der Waals surface area contributed by atoms with Gasteiger partial charge >= 0.3 is 0 Å². The summed E-state index contributed by atoms with van der Waals surface area (Å²) in [6.07, 6.45) is 0. The van der Waals surface area contributed by atoms with Gasteiger partial charge in [0.15, 0.2) is 5.43 Å². The van der Waals surface area contributed by atoms with Gasteiger partial charge in [-0.15, -0.1) is 0 Å². The third-order valence-corrected chi connectivity index (χ3v) is 5.60. The average Bonchev–Trinajstić information content (AvgIpc) is 2.70. The van der Waals surface area contributed by atoms with Gasteiger partial charge in [-0.2, -0.15) is 0 Å². The van der Waals surface area contributed by atoms with E-state index in [0.29, 0.717) is 0 Å². The standard InChI is InChI=1S/C26H21NO/c1-16-8-12-23-21(14-16)26(28)22-15-17(2)9-13-24(22)27(23)25-18(3)10-11-19-6-4-5-7-20(19)25/h4-15H,1-3H3. The minimum atomic E-state index is 0.103. The van der Waals surface area contributed by atoms with Crippen molar-refractivity contribution in [2.45, 2.75) is 20.8 Å². The molecule has 2 heteroatoms. The van der Waals surface area contributed by atoms with E-state index in [1.54, 1.807) is 0 Å². The molecule has 0 aliphatic heterocycles. The summed E-state index contributed by atoms with van der Waals surface area (Å²) in [6, 6.07) is 25.1. The van der Waals surface area contributed by atoms with Gasteiger partial charge in [-0.3, -0.25) is 4.79 Å². The molecule has 0 fully saturated rings. The number of hydrogen-bond acceptors (Lipinski definition) is 1. The molecule has 2 nitrogen and oxygen atoms in total. The maximum atomic E-state index is 13.3. The molecule has 0 spiro atoms. The van der Waals surface area contributed by atoms with Crippen molar-refractivity contribution >= 4 is 32.6 Å². The van der Waals surface area contributed by atoms with Gasteiger partial charge in [0.2, 0.25) is 0 Å². The van der Waals surface area contributed by atoms with E-state index in [9.17, 15) is 4.79 Å². The Hall–Kier alpha value is -3.39. The van der Waals surface area contributed by atoms with E-state index in [1.807, 2.05) is 26.0 Å². The van der Waals surface area contributed by atoms with Crippen LogP contribution in [0.15, 0.2) is 77.6 Å². The average molecular weight is 363 g/mol. The molecule has 0 amide bonds. The molecular formula is C26H21NO. The van der Waals surface area contributed by atoms with E-state index in [2.05, 4.69) is 72.2 Å². The highest BCUT2D eigenvalue weighted by atomic mass is 16.1. The fourth-order valence-electron chi connectivity index (χ4n) is 4.23. The van der Waals surface area contributed by atoms with E-state index >= 15 is 0 Å². The first-order valence-electron chi connectivity index (χ1n) is 9.59. The molecule has 4 aromatic carbocycles. The van der Waals surface area contributed by atoms with Crippen molar-refractivity contribution in [3.63, 3.8) is 0 Å². The molecule has 1 heterocycles. The zero-order valence-corrected chi connectivity index (χ0v) is 16.3. The summed E-state index contributed by atoms with van der Waals surface area (Å²) in [5.74, 6) is 0. The van der Waals surface area contributed by atoms with Crippen molar-refractivity contribution in [1.29, 1.82) is 0 Å². The zero-order chi connectivity index (χ0) is 19.4. The van der Waals surface area contributed by atoms with Gasteiger partial charge in [0.25, 0.3) is 0 Å². The summed E-state index contributed by atoms with van der Waals surface area (Å²) in [5, 5.41) is 3.92. The van der Waals surface area contributed by atoms with E-state index < -0.39 is 0 Å². The Morgan fingerprint density at radius 2 is 1.25 bits per heavy atom. The van der Waals surface area contributed by atoms with Crippen LogP contribution in [0.1, 0.15) is 16.7 Å². The molecule has 1 aromatic heterocycles. The number of hydrogen-bond donors (Lipinski definition) is 0. The first kappa shape index (κ1) is 16.8. The minimum Gasteiger partial charge on any atom is -0.308 e. The lowest BCUT2D eigenvalue weighted by Crippen LogP contribution is -2.12. The molecule has 0 atom stereocenters. The molecule has 136 valence electrons. The van der Waals surface area contributed by atoms with Crippen LogP contribution in [0.2, 0.25) is 0 Å². The van der Waals surface area contributed by atoms with E-state index in [1.165, 1.54) is 16.3 Å². The zero-order valence-electron chi connectivity index (χ0n) is 16.3. The minimum absolute atomic E-state index is 0.103. The van der Waals surface area contributed by atoms with Crippen LogP contribution in [0, 0.1) is 20.8 Å². The number of nitrogens with zero attached hydrogens (tertiary/aromatic N) is 1. The van der Waals surface area contributed by atoms with Crippen LogP contribution in [-0.2, 0) is 0 Å². The Bertz CT molecular complexity index is 1390. The third-order valence-electron chi connectivity index (χ3n) is 5.60. The molecular weight excluding hydrogens is 342 g/mol. The van der Waals surface area contributed by atoms with Crippen LogP contribution in [0.25, 0.3) is 38.3 Å². The van der Waals surface area contributed by atoms with Crippen molar-refractivity contribution < 1.29 is 0 Å². The number of aryl methyl sites for hydroxylation is 3. The van der Waals surface area contributed by atoms with Gasteiger partial charge in [-0.25, -0.2) is 0 Å². The lowest BCUT2D eigenvalue weighted by Gasteiger charge is -2.20. The highest BCUT2D eigenvalue weighted by molar-refractivity contribution is 6.00. The van der Waals surface area contributed by atoms with Crippen LogP contribution < -0.4 is 5.43 Å². The van der Waals surface area contributed by atoms with E-state index in [-0.39, 0.29) is 5.43 Å². The van der Waals surface area contributed by atoms with Crippen molar-refractivity contribution in [3.8, 4) is 5.69 Å². The smallest absolute Gasteiger partial charge is 0.197 e. The lowest BCUT2D eigenvalue weighted by atomic mass is 10.0. The molecule has 5 rings (SSSR count). The second kappa shape index (κ2) is 6.07. The molecule has 0 aliphatic rings. The topological polar surface area (TPSA) is 22.0 Å². The van der Waals surface area contributed by atoms with Gasteiger partial charge < -0.3 is 4.57 Å². The number of rotatable bonds is 1. The second-order valence-corrected chi connectivity index (χ2v) is 7.66. The molecule has 0 saturated heterocycles. The van der Waals surface area contributed by atoms with Gasteiger partial charge in [0.05, 0.1) is 16.7 Å². The number of fused-ring (bicyclic) bond motifs is 3. The van der Waals surface area contributed by atoms with Crippen LogP contribution in [0.3, 0.4) is 0 Å². The fraction of sp³-hybridized carbons (Fsp3) is 0.115. The maximum absolute atomic E-state index is 13.3. The quantitative estimate of drug-likeness (QED) is 0.324. The number of aromatic nitrogens is 1. The Morgan fingerprint density at radius 1 is 0.643 bits per heavy atom. The van der Waals surface area contributed by atoms with Crippen molar-refractivity contribution in [2.24, 2.45) is 0 Å². The Morgan fingerprint density at radius 3 is 1.89 bits per heavy atom. The fourth-order valence-corrected chi connectivity index (χ4v) is 4.23. The number of benzene rings is 4. The normalized spacial score (nSPS) is 11.5. The van der Waals surface area contributed by atoms with E-state index in [4.69, 9.17) is 0 Å². The highest BCUT2D eigenvalue weighted by Crippen LogP contribution is 2.32. The largest absolute Gasteiger partial charge is 0.308 e. The first-order valence-corrected chi connectivity index (χ1v) is 9.59. The van der Waals surface area contributed by atoms with Gasteiger partial charge in [-0.05, 0) is 56.0 Å². The summed E-state index contributed by atoms with van der Waals surface area (Å²) in [5.41, 5.74) is 6.52. The molecule has 0 aliphatic carbocycles. The maximum Gasteiger partial charge on any atom is 0.197 e. The lowest BCUT2D eigenvalue weighted by molar-refractivity contribution is 1.15. The summed E-state index contributed by atoms with van der Waals surface area (Å²) < 4.78 is 2.27. The number of pyridine rings is 1. The molecule has 28 heavy (non-hydrogen) atoms. The van der Waals surface area contributed by atoms with Crippen molar-refractivity contribution in [2.75, 3.05) is 0 Å². The van der Waals surface area contributed by atoms with Gasteiger partial charge in [0, 0.05) is 16.2 Å². The Balaban J connectivity index is 2.10. The summed E-state index contributed by atoms with van der Waals surface area (Å²) in [7, 11) is 0. The van der Waals surface area contributed by atoms with E-state index in [0.717, 1.165) is 38.6 Å². The molecule has 0 N–H and O–H groups in total. The Kier molecular flexibility index (Phi) is 3.63. The van der Waals surface area contributed by atoms with Gasteiger partial charge in [-0.1, -0.05) is 59.7 Å². The first-order chi connectivity index (χ1) is 13.5. The summed E-state index contributed by atoms with van der Waals surface area (Å²) in [4.78, 5) is 13.3. The molecule has 0 unspecified atom stereocenters. The third kappa shape index (κ3) is 2.38. The predicted octanol–water partition coefficient (Wildman–Crippen LogP) is 6.22. The Labute approximate surface area is 163 Å². The van der Waals surface area contributed by atoms with Crippen LogP contribution in [0.4, 0.5) is 0 Å². The predicted molar refractivity (Wildman–Crippen MR) is 119 cm³/mol. The second-order valence-electron chi connectivity index (χ2n) is 7.66. The molecule has 0 radical (unpaired) electrons. The monoisotopic (exact) mass is 363 g/mol. The molecule has 0 saturated carbocycles. The molecule has 0 bridgehead atoms. The summed E-state index contributed by atoms with van der Waals surface area (Å²) >= 11 is 0. The van der Waals surface area contributed by atoms with Crippen LogP contribution in [-0.4, -0.2) is 4.57 Å². The van der Waals surface area contributed by atoms with Crippen molar-refractivity contribution in [3.05, 3.63) is 99.7 Å². The van der Waals surface area contributed by atoms with Crippen LogP contribution in [0.5, 0.6) is 0 Å². The summed E-state index contributed by atoms with van der Waals surface area (Å²) in [6.45, 7) is 6.21. The molecule has 5 aromatic rings. The van der Waals surface area contributed by atoms with Crippen LogP contribution >= 0.6 is 0 Å². The van der Waals surface area contributed by atoms with Crippen molar-refractivity contribution in [1.82, 2.24) is 4.57 Å². The highest BCUT2D eigenvalue weighted by Gasteiger charge is 2.16.